The molecule has 1 atom stereocenters. The topological polar surface area (TPSA) is 29.9 Å². The molecule has 0 bridgehead atoms. The van der Waals surface area contributed by atoms with Gasteiger partial charge in [0.25, 0.3) is 0 Å². The predicted octanol–water partition coefficient (Wildman–Crippen LogP) is 1.94. The van der Waals surface area contributed by atoms with Crippen molar-refractivity contribution in [3.8, 4) is 0 Å². The molecule has 1 aromatic heterocycles. The standard InChI is InChI=1S/C12H21N3/c1-9(2)12(10-4-5-10)14-8-11-13-6-7-15(11)3/h6-7,9-10,12,14H,4-5,8H2,1-3H3. The maximum absolute atomic E-state index is 4.33. The highest BCUT2D eigenvalue weighted by Gasteiger charge is 2.32. The van der Waals surface area contributed by atoms with Crippen molar-refractivity contribution in [2.75, 3.05) is 0 Å². The molecule has 1 N–H and O–H groups in total. The summed E-state index contributed by atoms with van der Waals surface area (Å²) in [6.45, 7) is 5.49. The van der Waals surface area contributed by atoms with Crippen LogP contribution in [0.15, 0.2) is 12.4 Å². The third kappa shape index (κ3) is 2.59. The van der Waals surface area contributed by atoms with Crippen LogP contribution in [0.1, 0.15) is 32.5 Å². The number of aryl methyl sites for hydroxylation is 1. The Morgan fingerprint density at radius 1 is 1.53 bits per heavy atom. The first kappa shape index (κ1) is 10.7. The molecule has 0 saturated heterocycles. The van der Waals surface area contributed by atoms with Crippen LogP contribution < -0.4 is 5.32 Å². The molecule has 0 radical (unpaired) electrons. The minimum Gasteiger partial charge on any atom is -0.337 e. The molecule has 0 spiro atoms. The Labute approximate surface area is 91.9 Å². The van der Waals surface area contributed by atoms with Gasteiger partial charge in [0.2, 0.25) is 0 Å². The van der Waals surface area contributed by atoms with Gasteiger partial charge in [0.1, 0.15) is 5.82 Å². The molecular formula is C12H21N3. The first-order chi connectivity index (χ1) is 7.18. The molecule has 1 aliphatic rings. The lowest BCUT2D eigenvalue weighted by molar-refractivity contribution is 0.354. The molecule has 1 saturated carbocycles. The number of hydrogen-bond acceptors (Lipinski definition) is 2. The largest absolute Gasteiger partial charge is 0.337 e. The number of aromatic nitrogens is 2. The summed E-state index contributed by atoms with van der Waals surface area (Å²) in [5, 5.41) is 3.64. The summed E-state index contributed by atoms with van der Waals surface area (Å²) in [7, 11) is 2.05. The van der Waals surface area contributed by atoms with E-state index in [0.717, 1.165) is 24.2 Å². The average Bonchev–Trinajstić information content (AvgIpc) is 2.92. The normalized spacial score (nSPS) is 18.4. The van der Waals surface area contributed by atoms with Crippen LogP contribution in [0.4, 0.5) is 0 Å². The van der Waals surface area contributed by atoms with Crippen LogP contribution in [0, 0.1) is 11.8 Å². The maximum Gasteiger partial charge on any atom is 0.122 e. The summed E-state index contributed by atoms with van der Waals surface area (Å²) in [4.78, 5) is 4.33. The molecule has 15 heavy (non-hydrogen) atoms. The molecule has 0 amide bonds. The van der Waals surface area contributed by atoms with Gasteiger partial charge in [0.05, 0.1) is 6.54 Å². The SMILES string of the molecule is CC(C)C(NCc1nccn1C)C1CC1. The van der Waals surface area contributed by atoms with Crippen LogP contribution in [0.2, 0.25) is 0 Å². The summed E-state index contributed by atoms with van der Waals surface area (Å²) in [5.74, 6) is 2.75. The summed E-state index contributed by atoms with van der Waals surface area (Å²) < 4.78 is 2.08. The van der Waals surface area contributed by atoms with Gasteiger partial charge in [0, 0.05) is 25.5 Å². The molecular weight excluding hydrogens is 186 g/mol. The number of nitrogens with one attached hydrogen (secondary N) is 1. The summed E-state index contributed by atoms with van der Waals surface area (Å²) in [5.41, 5.74) is 0. The van der Waals surface area contributed by atoms with Crippen molar-refractivity contribution in [1.29, 1.82) is 0 Å². The van der Waals surface area contributed by atoms with Gasteiger partial charge in [-0.2, -0.15) is 0 Å². The van der Waals surface area contributed by atoms with E-state index in [1.165, 1.54) is 12.8 Å². The summed E-state index contributed by atoms with van der Waals surface area (Å²) in [6, 6.07) is 0.668. The lowest BCUT2D eigenvalue weighted by Crippen LogP contribution is -2.35. The average molecular weight is 207 g/mol. The van der Waals surface area contributed by atoms with Crippen LogP contribution >= 0.6 is 0 Å². The number of rotatable bonds is 5. The molecule has 1 fully saturated rings. The van der Waals surface area contributed by atoms with Gasteiger partial charge in [-0.1, -0.05) is 13.8 Å². The van der Waals surface area contributed by atoms with Crippen molar-refractivity contribution in [3.63, 3.8) is 0 Å². The Bertz CT molecular complexity index is 310. The zero-order valence-corrected chi connectivity index (χ0v) is 9.90. The van der Waals surface area contributed by atoms with Crippen molar-refractivity contribution in [2.45, 2.75) is 39.3 Å². The fourth-order valence-corrected chi connectivity index (χ4v) is 2.18. The molecule has 2 rings (SSSR count). The van der Waals surface area contributed by atoms with Crippen molar-refractivity contribution < 1.29 is 0 Å². The van der Waals surface area contributed by atoms with Crippen LogP contribution in [0.25, 0.3) is 0 Å². The zero-order chi connectivity index (χ0) is 10.8. The highest BCUT2D eigenvalue weighted by molar-refractivity contribution is 4.94. The van der Waals surface area contributed by atoms with Gasteiger partial charge in [-0.15, -0.1) is 0 Å². The Kier molecular flexibility index (Phi) is 3.10. The Balaban J connectivity index is 1.88. The van der Waals surface area contributed by atoms with Crippen molar-refractivity contribution in [3.05, 3.63) is 18.2 Å². The van der Waals surface area contributed by atoms with E-state index in [1.807, 2.05) is 19.4 Å². The second-order valence-corrected chi connectivity index (χ2v) is 4.94. The van der Waals surface area contributed by atoms with Crippen molar-refractivity contribution in [2.24, 2.45) is 18.9 Å². The van der Waals surface area contributed by atoms with Gasteiger partial charge in [-0.05, 0) is 24.7 Å². The molecule has 3 nitrogen and oxygen atoms in total. The lowest BCUT2D eigenvalue weighted by Gasteiger charge is -2.21. The van der Waals surface area contributed by atoms with E-state index in [9.17, 15) is 0 Å². The van der Waals surface area contributed by atoms with Crippen LogP contribution in [0.5, 0.6) is 0 Å². The third-order valence-electron chi connectivity index (χ3n) is 3.26. The number of hydrogen-bond donors (Lipinski definition) is 1. The van der Waals surface area contributed by atoms with Crippen molar-refractivity contribution >= 4 is 0 Å². The fourth-order valence-electron chi connectivity index (χ4n) is 2.18. The molecule has 0 aliphatic heterocycles. The van der Waals surface area contributed by atoms with Gasteiger partial charge >= 0.3 is 0 Å². The second kappa shape index (κ2) is 4.35. The second-order valence-electron chi connectivity index (χ2n) is 4.94. The van der Waals surface area contributed by atoms with Gasteiger partial charge in [-0.3, -0.25) is 0 Å². The van der Waals surface area contributed by atoms with E-state index in [4.69, 9.17) is 0 Å². The maximum atomic E-state index is 4.33. The van der Waals surface area contributed by atoms with E-state index in [2.05, 4.69) is 28.7 Å². The van der Waals surface area contributed by atoms with Gasteiger partial charge < -0.3 is 9.88 Å². The zero-order valence-electron chi connectivity index (χ0n) is 9.90. The Morgan fingerprint density at radius 2 is 2.27 bits per heavy atom. The van der Waals surface area contributed by atoms with Crippen molar-refractivity contribution in [1.82, 2.24) is 14.9 Å². The molecule has 1 unspecified atom stereocenters. The first-order valence-electron chi connectivity index (χ1n) is 5.88. The summed E-state index contributed by atoms with van der Waals surface area (Å²) >= 11 is 0. The van der Waals surface area contributed by atoms with Gasteiger partial charge in [-0.25, -0.2) is 4.98 Å². The molecule has 1 aromatic rings. The minimum absolute atomic E-state index is 0.668. The Morgan fingerprint density at radius 3 is 2.73 bits per heavy atom. The summed E-state index contributed by atoms with van der Waals surface area (Å²) in [6.07, 6.45) is 6.66. The van der Waals surface area contributed by atoms with Crippen LogP contribution in [0.3, 0.4) is 0 Å². The smallest absolute Gasteiger partial charge is 0.122 e. The van der Waals surface area contributed by atoms with E-state index >= 15 is 0 Å². The van der Waals surface area contributed by atoms with Crippen LogP contribution in [-0.4, -0.2) is 15.6 Å². The Hall–Kier alpha value is -0.830. The molecule has 0 aromatic carbocycles. The fraction of sp³-hybridized carbons (Fsp3) is 0.750. The molecule has 3 heteroatoms. The van der Waals surface area contributed by atoms with Gasteiger partial charge in [0.15, 0.2) is 0 Å². The number of imidazole rings is 1. The first-order valence-corrected chi connectivity index (χ1v) is 5.88. The van der Waals surface area contributed by atoms with E-state index in [-0.39, 0.29) is 0 Å². The molecule has 1 aliphatic carbocycles. The predicted molar refractivity (Wildman–Crippen MR) is 61.4 cm³/mol. The highest BCUT2D eigenvalue weighted by atomic mass is 15.1. The van der Waals surface area contributed by atoms with E-state index < -0.39 is 0 Å². The van der Waals surface area contributed by atoms with E-state index in [1.54, 1.807) is 0 Å². The van der Waals surface area contributed by atoms with E-state index in [0.29, 0.717) is 6.04 Å². The number of nitrogens with zero attached hydrogens (tertiary/aromatic N) is 2. The third-order valence-corrected chi connectivity index (χ3v) is 3.26. The van der Waals surface area contributed by atoms with Crippen LogP contribution in [-0.2, 0) is 13.6 Å². The monoisotopic (exact) mass is 207 g/mol. The molecule has 1 heterocycles. The lowest BCUT2D eigenvalue weighted by atomic mass is 10.00. The highest BCUT2D eigenvalue weighted by Crippen LogP contribution is 2.35. The molecule has 84 valence electrons. The minimum atomic E-state index is 0.668. The quantitative estimate of drug-likeness (QED) is 0.799.